The molecule has 12 rings (SSSR count). The number of benzene rings is 10. The third-order valence-electron chi connectivity index (χ3n) is 12.1. The molecule has 0 aliphatic heterocycles. The largest absolute Gasteiger partial charge is 0.309 e. The summed E-state index contributed by atoms with van der Waals surface area (Å²) in [7, 11) is 0. The van der Waals surface area contributed by atoms with Crippen molar-refractivity contribution in [1.82, 2.24) is 9.13 Å². The minimum absolute atomic E-state index is 1.15. The molecule has 2 nitrogen and oxygen atoms in total. The number of hydrogen-bond donors (Lipinski definition) is 0. The molecular formula is C56H36N2. The van der Waals surface area contributed by atoms with Crippen LogP contribution in [0.15, 0.2) is 218 Å². The van der Waals surface area contributed by atoms with Crippen molar-refractivity contribution >= 4 is 65.2 Å². The average Bonchev–Trinajstić information content (AvgIpc) is 3.82. The summed E-state index contributed by atoms with van der Waals surface area (Å²) in [6.07, 6.45) is 0. The molecule has 10 aromatic carbocycles. The molecule has 2 heteroatoms. The van der Waals surface area contributed by atoms with Crippen LogP contribution in [0.3, 0.4) is 0 Å². The Kier molecular flexibility index (Phi) is 7.26. The summed E-state index contributed by atoms with van der Waals surface area (Å²) in [6, 6.07) is 80.0. The average molecular weight is 737 g/mol. The van der Waals surface area contributed by atoms with Gasteiger partial charge in [-0.2, -0.15) is 0 Å². The van der Waals surface area contributed by atoms with E-state index in [-0.39, 0.29) is 0 Å². The van der Waals surface area contributed by atoms with Crippen LogP contribution in [0, 0.1) is 0 Å². The summed E-state index contributed by atoms with van der Waals surface area (Å²) in [4.78, 5) is 0. The topological polar surface area (TPSA) is 9.86 Å². The zero-order valence-electron chi connectivity index (χ0n) is 31.7. The van der Waals surface area contributed by atoms with Crippen LogP contribution in [0.2, 0.25) is 0 Å². The second-order valence-corrected chi connectivity index (χ2v) is 15.2. The number of para-hydroxylation sites is 6. The van der Waals surface area contributed by atoms with Crippen molar-refractivity contribution in [3.63, 3.8) is 0 Å². The number of nitrogens with zero attached hydrogens (tertiary/aromatic N) is 2. The minimum Gasteiger partial charge on any atom is -0.309 e. The minimum atomic E-state index is 1.15. The molecular weight excluding hydrogens is 701 g/mol. The monoisotopic (exact) mass is 736 g/mol. The molecule has 2 heterocycles. The van der Waals surface area contributed by atoms with Gasteiger partial charge in [0.1, 0.15) is 0 Å². The highest BCUT2D eigenvalue weighted by molar-refractivity contribution is 6.23. The normalized spacial score (nSPS) is 11.8. The van der Waals surface area contributed by atoms with Crippen LogP contribution in [0.4, 0.5) is 0 Å². The zero-order valence-corrected chi connectivity index (χ0v) is 31.7. The number of hydrogen-bond acceptors (Lipinski definition) is 0. The Bertz CT molecular complexity index is 3320. The fourth-order valence-corrected chi connectivity index (χ4v) is 9.71. The Morgan fingerprint density at radius 2 is 0.603 bits per heavy atom. The van der Waals surface area contributed by atoms with E-state index < -0.39 is 0 Å². The van der Waals surface area contributed by atoms with Crippen molar-refractivity contribution in [1.29, 1.82) is 0 Å². The molecule has 0 aliphatic rings. The van der Waals surface area contributed by atoms with Gasteiger partial charge in [-0.15, -0.1) is 0 Å². The molecule has 0 saturated carbocycles. The lowest BCUT2D eigenvalue weighted by Gasteiger charge is -2.19. The molecule has 2 aromatic heterocycles. The molecule has 0 N–H and O–H groups in total. The standard InChI is InChI=1S/C56H36N2/c1-4-18-37(19-5-1)54-44-28-14-26-40(46-30-16-32-48-42-24-10-12-34-52(42)57(55(46)48)38-20-6-2-7-21-38)50(44)36-51-41(27-15-29-45(51)54)47-31-17-33-49-43-25-11-13-35-53(43)58(56(47)49)39-22-8-3-9-23-39/h1-36H. The Morgan fingerprint density at radius 3 is 1.07 bits per heavy atom. The van der Waals surface area contributed by atoms with E-state index in [1.165, 1.54) is 98.5 Å². The number of rotatable bonds is 5. The van der Waals surface area contributed by atoms with E-state index in [2.05, 4.69) is 228 Å². The van der Waals surface area contributed by atoms with Crippen LogP contribution >= 0.6 is 0 Å². The molecule has 0 bridgehead atoms. The van der Waals surface area contributed by atoms with E-state index in [9.17, 15) is 0 Å². The molecule has 58 heavy (non-hydrogen) atoms. The maximum absolute atomic E-state index is 2.48. The summed E-state index contributed by atoms with van der Waals surface area (Å²) in [5.74, 6) is 0. The summed E-state index contributed by atoms with van der Waals surface area (Å²) < 4.78 is 4.90. The molecule has 0 unspecified atom stereocenters. The molecule has 0 fully saturated rings. The second-order valence-electron chi connectivity index (χ2n) is 15.2. The van der Waals surface area contributed by atoms with Crippen LogP contribution in [0.1, 0.15) is 0 Å². The third kappa shape index (κ3) is 4.79. The summed E-state index contributed by atoms with van der Waals surface area (Å²) >= 11 is 0. The van der Waals surface area contributed by atoms with Crippen molar-refractivity contribution in [2.75, 3.05) is 0 Å². The molecule has 270 valence electrons. The van der Waals surface area contributed by atoms with E-state index in [1.807, 2.05) is 0 Å². The maximum Gasteiger partial charge on any atom is 0.0619 e. The van der Waals surface area contributed by atoms with Gasteiger partial charge in [-0.1, -0.05) is 176 Å². The summed E-state index contributed by atoms with van der Waals surface area (Å²) in [5.41, 5.74) is 14.5. The van der Waals surface area contributed by atoms with Crippen molar-refractivity contribution in [3.8, 4) is 44.8 Å². The molecule has 0 saturated heterocycles. The van der Waals surface area contributed by atoms with Crippen LogP contribution in [0.5, 0.6) is 0 Å². The van der Waals surface area contributed by atoms with Crippen LogP contribution in [-0.2, 0) is 0 Å². The highest BCUT2D eigenvalue weighted by Crippen LogP contribution is 2.47. The quantitative estimate of drug-likeness (QED) is 0.156. The van der Waals surface area contributed by atoms with Crippen LogP contribution < -0.4 is 0 Å². The van der Waals surface area contributed by atoms with Gasteiger partial charge in [0.05, 0.1) is 22.1 Å². The third-order valence-corrected chi connectivity index (χ3v) is 12.1. The molecule has 0 radical (unpaired) electrons. The highest BCUT2D eigenvalue weighted by Gasteiger charge is 2.22. The first-order valence-corrected chi connectivity index (χ1v) is 20.0. The maximum atomic E-state index is 2.48. The summed E-state index contributed by atoms with van der Waals surface area (Å²) in [5, 5.41) is 9.95. The van der Waals surface area contributed by atoms with Crippen LogP contribution in [0.25, 0.3) is 110 Å². The van der Waals surface area contributed by atoms with Gasteiger partial charge in [-0.05, 0) is 86.3 Å². The van der Waals surface area contributed by atoms with Gasteiger partial charge in [0, 0.05) is 44.0 Å². The number of aromatic nitrogens is 2. The molecule has 12 aromatic rings. The van der Waals surface area contributed by atoms with E-state index in [4.69, 9.17) is 0 Å². The first kappa shape index (κ1) is 32.6. The highest BCUT2D eigenvalue weighted by atomic mass is 15.0. The van der Waals surface area contributed by atoms with Crippen molar-refractivity contribution in [2.24, 2.45) is 0 Å². The first-order chi connectivity index (χ1) is 28.8. The van der Waals surface area contributed by atoms with Gasteiger partial charge in [-0.25, -0.2) is 0 Å². The Balaban J connectivity index is 1.23. The molecule has 0 spiro atoms. The fourth-order valence-electron chi connectivity index (χ4n) is 9.71. The van der Waals surface area contributed by atoms with E-state index in [0.29, 0.717) is 0 Å². The van der Waals surface area contributed by atoms with Gasteiger partial charge < -0.3 is 9.13 Å². The van der Waals surface area contributed by atoms with Gasteiger partial charge >= 0.3 is 0 Å². The molecule has 0 atom stereocenters. The predicted octanol–water partition coefficient (Wildman–Crippen LogP) is 15.2. The first-order valence-electron chi connectivity index (χ1n) is 20.0. The lowest BCUT2D eigenvalue weighted by Crippen LogP contribution is -1.96. The smallest absolute Gasteiger partial charge is 0.0619 e. The lowest BCUT2D eigenvalue weighted by atomic mass is 9.86. The Morgan fingerprint density at radius 1 is 0.241 bits per heavy atom. The Hall–Kier alpha value is -7.68. The van der Waals surface area contributed by atoms with Crippen molar-refractivity contribution < 1.29 is 0 Å². The zero-order chi connectivity index (χ0) is 38.2. The van der Waals surface area contributed by atoms with Gasteiger partial charge in [0.2, 0.25) is 0 Å². The van der Waals surface area contributed by atoms with Crippen molar-refractivity contribution in [2.45, 2.75) is 0 Å². The second kappa shape index (κ2) is 12.9. The summed E-state index contributed by atoms with van der Waals surface area (Å²) in [6.45, 7) is 0. The van der Waals surface area contributed by atoms with Gasteiger partial charge in [-0.3, -0.25) is 0 Å². The molecule has 0 amide bonds. The van der Waals surface area contributed by atoms with E-state index >= 15 is 0 Å². The van der Waals surface area contributed by atoms with E-state index in [0.717, 1.165) is 11.4 Å². The fraction of sp³-hybridized carbons (Fsp3) is 0. The molecule has 0 aliphatic carbocycles. The lowest BCUT2D eigenvalue weighted by molar-refractivity contribution is 1.18. The van der Waals surface area contributed by atoms with Gasteiger partial charge in [0.25, 0.3) is 0 Å². The van der Waals surface area contributed by atoms with Gasteiger partial charge in [0.15, 0.2) is 0 Å². The van der Waals surface area contributed by atoms with E-state index in [1.54, 1.807) is 0 Å². The number of fused-ring (bicyclic) bond motifs is 8. The SMILES string of the molecule is c1ccc(-c2c3cccc(-c4cccc5c6ccccc6n(-c6ccccc6)c45)c3cc3c(-c4cccc5c6ccccc6n(-c6ccccc6)c45)cccc23)cc1. The predicted molar refractivity (Wildman–Crippen MR) is 246 cm³/mol. The van der Waals surface area contributed by atoms with Crippen LogP contribution in [-0.4, -0.2) is 9.13 Å². The Labute approximate surface area is 336 Å². The van der Waals surface area contributed by atoms with Crippen molar-refractivity contribution in [3.05, 3.63) is 218 Å².